The average Bonchev–Trinajstić information content (AvgIpc) is 3.89. The number of fused-ring (bicyclic) bond motifs is 13. The fourth-order valence-electron chi connectivity index (χ4n) is 13.2. The second-order valence-corrected chi connectivity index (χ2v) is 20.6. The summed E-state index contributed by atoms with van der Waals surface area (Å²) in [7, 11) is 0. The minimum absolute atomic E-state index is 0.173. The van der Waals surface area contributed by atoms with E-state index >= 15 is 0 Å². The molecule has 1 aromatic heterocycles. The predicted molar refractivity (Wildman–Crippen MR) is 288 cm³/mol. The predicted octanol–water partition coefficient (Wildman–Crippen LogP) is 15.4. The van der Waals surface area contributed by atoms with Crippen LogP contribution in [0.2, 0.25) is 0 Å². The molecule has 318 valence electrons. The Bertz CT molecular complexity index is 3870. The highest BCUT2D eigenvalue weighted by atomic mass is 32.1. The molecule has 68 heavy (non-hydrogen) atoms. The fourth-order valence-corrected chi connectivity index (χ4v) is 14.4. The van der Waals surface area contributed by atoms with Gasteiger partial charge >= 0.3 is 6.85 Å². The summed E-state index contributed by atoms with van der Waals surface area (Å²) in [6, 6.07) is 85.0. The summed E-state index contributed by atoms with van der Waals surface area (Å²) in [5, 5.41) is 2.67. The largest absolute Gasteiger partial charge is 0.376 e. The monoisotopic (exact) mass is 882 g/mol. The van der Waals surface area contributed by atoms with Crippen LogP contribution in [0.5, 0.6) is 0 Å². The number of hydrogen-bond acceptors (Lipinski definition) is 3. The Labute approximate surface area is 401 Å². The van der Waals surface area contributed by atoms with Crippen molar-refractivity contribution in [2.45, 2.75) is 24.7 Å². The van der Waals surface area contributed by atoms with Gasteiger partial charge in [-0.1, -0.05) is 208 Å². The van der Waals surface area contributed by atoms with Crippen LogP contribution < -0.4 is 20.6 Å². The number of nitrogens with zero attached hydrogens (tertiary/aromatic N) is 2. The molecular weight excluding hydrogens is 840 g/mol. The van der Waals surface area contributed by atoms with E-state index in [1.54, 1.807) is 0 Å². The molecule has 0 atom stereocenters. The van der Waals surface area contributed by atoms with E-state index in [4.69, 9.17) is 0 Å². The molecule has 0 radical (unpaired) electrons. The lowest BCUT2D eigenvalue weighted by Gasteiger charge is -2.52. The van der Waals surface area contributed by atoms with Gasteiger partial charge in [-0.15, -0.1) is 11.3 Å². The van der Waals surface area contributed by atoms with Crippen LogP contribution in [-0.2, 0) is 10.8 Å². The van der Waals surface area contributed by atoms with Crippen LogP contribution in [0.25, 0.3) is 53.6 Å². The topological polar surface area (TPSA) is 6.48 Å². The Kier molecular flexibility index (Phi) is 7.77. The standard InChI is InChI=1S/C64H43BN2S/c1-63(2)48-29-14-12-26-44(48)45-28-18-34-53(60(45)63)67-54-38-41(40-20-6-3-7-21-40)36-37-46(54)59-58-47-27-13-17-35-56(47)68-57(58)39-55-61(59)65(67)51-32-19-31-50-62(51)66(55)52-33-16-15-30-49(52)64(50,42-22-8-4-9-23-42)43-24-10-5-11-25-43/h3-39H,1-2H3. The van der Waals surface area contributed by atoms with Crippen molar-refractivity contribution in [2.75, 3.05) is 9.71 Å². The lowest BCUT2D eigenvalue weighted by atomic mass is 9.42. The van der Waals surface area contributed by atoms with Gasteiger partial charge in [-0.2, -0.15) is 0 Å². The minimum atomic E-state index is -0.599. The third kappa shape index (κ3) is 4.82. The van der Waals surface area contributed by atoms with Crippen LogP contribution >= 0.6 is 11.3 Å². The van der Waals surface area contributed by atoms with Crippen molar-refractivity contribution in [1.82, 2.24) is 0 Å². The lowest BCUT2D eigenvalue weighted by molar-refractivity contribution is 0.661. The zero-order valence-electron chi connectivity index (χ0n) is 37.7. The number of hydrogen-bond donors (Lipinski definition) is 0. The van der Waals surface area contributed by atoms with E-state index in [0.29, 0.717) is 0 Å². The zero-order chi connectivity index (χ0) is 44.9. The normalized spacial score (nSPS) is 15.1. The van der Waals surface area contributed by atoms with Gasteiger partial charge in [-0.05, 0) is 102 Å². The molecule has 0 unspecified atom stereocenters. The smallest absolute Gasteiger partial charge is 0.333 e. The summed E-state index contributed by atoms with van der Waals surface area (Å²) in [6.07, 6.45) is 0. The lowest BCUT2D eigenvalue weighted by Crippen LogP contribution is -2.63. The second-order valence-electron chi connectivity index (χ2n) is 19.5. The summed E-state index contributed by atoms with van der Waals surface area (Å²) in [6.45, 7) is 4.70. The van der Waals surface area contributed by atoms with E-state index in [-0.39, 0.29) is 12.3 Å². The summed E-state index contributed by atoms with van der Waals surface area (Å²) in [5.41, 5.74) is 23.6. The van der Waals surface area contributed by atoms with Gasteiger partial charge in [0.25, 0.3) is 0 Å². The molecule has 0 fully saturated rings. The first-order valence-electron chi connectivity index (χ1n) is 23.9. The van der Waals surface area contributed by atoms with Gasteiger partial charge in [0.1, 0.15) is 0 Å². The summed E-state index contributed by atoms with van der Waals surface area (Å²) in [5.74, 6) is 0. The van der Waals surface area contributed by atoms with Gasteiger partial charge < -0.3 is 9.71 Å². The van der Waals surface area contributed by atoms with Crippen LogP contribution in [0, 0.1) is 0 Å². The maximum Gasteiger partial charge on any atom is 0.333 e. The second kappa shape index (κ2) is 13.8. The number of benzene rings is 10. The molecule has 4 heteroatoms. The SMILES string of the molecule is CC1(C)c2ccccc2-c2cccc(N3B4c5cccc6c5N(c5ccccc5C6(c5ccccc5)c5ccccc5)c5cc6sc7ccccc7c6c(c54)-c4ccc(-c5ccccc5)cc43)c21. The molecule has 1 aliphatic carbocycles. The Balaban J connectivity index is 1.14. The van der Waals surface area contributed by atoms with E-state index < -0.39 is 5.41 Å². The Morgan fingerprint density at radius 2 is 1.07 bits per heavy atom. The fraction of sp³-hybridized carbons (Fsp3) is 0.0625. The highest BCUT2D eigenvalue weighted by Gasteiger charge is 2.54. The molecule has 0 amide bonds. The highest BCUT2D eigenvalue weighted by molar-refractivity contribution is 7.26. The molecule has 3 aliphatic heterocycles. The number of anilines is 5. The molecular formula is C64H43BN2S. The molecule has 2 nitrogen and oxygen atoms in total. The third-order valence-electron chi connectivity index (χ3n) is 15.9. The van der Waals surface area contributed by atoms with Gasteiger partial charge in [0.2, 0.25) is 0 Å². The van der Waals surface area contributed by atoms with Gasteiger partial charge in [0.15, 0.2) is 0 Å². The Morgan fingerprint density at radius 1 is 0.441 bits per heavy atom. The molecule has 4 heterocycles. The van der Waals surface area contributed by atoms with Crippen LogP contribution in [0.1, 0.15) is 47.2 Å². The van der Waals surface area contributed by atoms with E-state index in [0.717, 1.165) is 0 Å². The molecule has 0 N–H and O–H groups in total. The van der Waals surface area contributed by atoms with Crippen molar-refractivity contribution in [3.8, 4) is 33.4 Å². The van der Waals surface area contributed by atoms with E-state index in [2.05, 4.69) is 248 Å². The number of rotatable bonds is 4. The van der Waals surface area contributed by atoms with Crippen molar-refractivity contribution < 1.29 is 0 Å². The maximum absolute atomic E-state index is 2.78. The number of para-hydroxylation sites is 2. The molecule has 0 saturated heterocycles. The van der Waals surface area contributed by atoms with Crippen LogP contribution in [0.4, 0.5) is 28.4 Å². The molecule has 0 bridgehead atoms. The van der Waals surface area contributed by atoms with Gasteiger partial charge in [0, 0.05) is 53.9 Å². The molecule has 4 aliphatic rings. The molecule has 10 aromatic carbocycles. The summed E-state index contributed by atoms with van der Waals surface area (Å²) >= 11 is 1.92. The zero-order valence-corrected chi connectivity index (χ0v) is 38.6. The van der Waals surface area contributed by atoms with Crippen molar-refractivity contribution in [1.29, 1.82) is 0 Å². The van der Waals surface area contributed by atoms with Crippen LogP contribution in [0.3, 0.4) is 0 Å². The molecule has 0 saturated carbocycles. The first-order valence-corrected chi connectivity index (χ1v) is 24.7. The van der Waals surface area contributed by atoms with Gasteiger partial charge in [-0.25, -0.2) is 0 Å². The van der Waals surface area contributed by atoms with E-state index in [9.17, 15) is 0 Å². The first-order chi connectivity index (χ1) is 33.5. The van der Waals surface area contributed by atoms with E-state index in [1.807, 2.05) is 11.3 Å². The third-order valence-corrected chi connectivity index (χ3v) is 17.0. The maximum atomic E-state index is 2.78. The first kappa shape index (κ1) is 38.2. The van der Waals surface area contributed by atoms with Crippen molar-refractivity contribution in [3.05, 3.63) is 258 Å². The van der Waals surface area contributed by atoms with Crippen molar-refractivity contribution in [2.24, 2.45) is 0 Å². The van der Waals surface area contributed by atoms with E-state index in [1.165, 1.54) is 126 Å². The molecule has 0 spiro atoms. The summed E-state index contributed by atoms with van der Waals surface area (Å²) in [4.78, 5) is 5.45. The van der Waals surface area contributed by atoms with Gasteiger partial charge in [0.05, 0.1) is 11.1 Å². The summed E-state index contributed by atoms with van der Waals surface area (Å²) < 4.78 is 2.62. The van der Waals surface area contributed by atoms with Gasteiger partial charge in [-0.3, -0.25) is 0 Å². The quantitative estimate of drug-likeness (QED) is 0.163. The number of thiophene rings is 1. The molecule has 11 aromatic rings. The highest BCUT2D eigenvalue weighted by Crippen LogP contribution is 2.61. The van der Waals surface area contributed by atoms with Crippen molar-refractivity contribution in [3.63, 3.8) is 0 Å². The Hall–Kier alpha value is -7.92. The van der Waals surface area contributed by atoms with Crippen LogP contribution in [-0.4, -0.2) is 6.85 Å². The Morgan fingerprint density at radius 3 is 1.87 bits per heavy atom. The molecule has 15 rings (SSSR count). The van der Waals surface area contributed by atoms with Crippen LogP contribution in [0.15, 0.2) is 224 Å². The van der Waals surface area contributed by atoms with Crippen molar-refractivity contribution >= 4 is 77.7 Å². The minimum Gasteiger partial charge on any atom is -0.376 e. The average molecular weight is 883 g/mol.